The zero-order valence-corrected chi connectivity index (χ0v) is 14.2. The van der Waals surface area contributed by atoms with Gasteiger partial charge < -0.3 is 14.6 Å². The molecule has 0 aliphatic heterocycles. The lowest BCUT2D eigenvalue weighted by atomic mass is 10.1. The maximum atomic E-state index is 5.80. The standard InChI is InChI=1S/C15H24N4OS/c1-11(2)19(10-12-7-6-8-21-12)14-18-17-13(20-14)9-16-15(3,4)5/h6-8,11,16H,9-10H2,1-5H3. The van der Waals surface area contributed by atoms with Gasteiger partial charge in [-0.1, -0.05) is 11.2 Å². The molecule has 0 amide bonds. The molecular weight excluding hydrogens is 284 g/mol. The van der Waals surface area contributed by atoms with Gasteiger partial charge in [0.25, 0.3) is 0 Å². The molecule has 2 heterocycles. The highest BCUT2D eigenvalue weighted by atomic mass is 32.1. The lowest BCUT2D eigenvalue weighted by Crippen LogP contribution is -2.35. The van der Waals surface area contributed by atoms with Crippen LogP contribution in [0.2, 0.25) is 0 Å². The van der Waals surface area contributed by atoms with Crippen LogP contribution < -0.4 is 10.2 Å². The van der Waals surface area contributed by atoms with Gasteiger partial charge in [0.2, 0.25) is 5.89 Å². The molecule has 5 nitrogen and oxygen atoms in total. The Labute approximate surface area is 130 Å². The van der Waals surface area contributed by atoms with Crippen LogP contribution in [0.1, 0.15) is 45.4 Å². The van der Waals surface area contributed by atoms with Crippen molar-refractivity contribution in [3.05, 3.63) is 28.3 Å². The normalized spacial score (nSPS) is 12.1. The number of rotatable bonds is 6. The first-order chi connectivity index (χ1) is 9.85. The summed E-state index contributed by atoms with van der Waals surface area (Å²) >= 11 is 1.74. The van der Waals surface area contributed by atoms with Crippen LogP contribution in [0.25, 0.3) is 0 Å². The molecule has 1 N–H and O–H groups in total. The van der Waals surface area contributed by atoms with E-state index in [1.165, 1.54) is 4.88 Å². The minimum Gasteiger partial charge on any atom is -0.407 e. The number of thiophene rings is 1. The van der Waals surface area contributed by atoms with Crippen molar-refractivity contribution in [1.82, 2.24) is 15.5 Å². The van der Waals surface area contributed by atoms with Gasteiger partial charge in [-0.15, -0.1) is 16.4 Å². The first-order valence-electron chi connectivity index (χ1n) is 7.21. The van der Waals surface area contributed by atoms with Crippen molar-refractivity contribution in [3.8, 4) is 0 Å². The van der Waals surface area contributed by atoms with Crippen LogP contribution in [0, 0.1) is 0 Å². The maximum absolute atomic E-state index is 5.80. The third-order valence-corrected chi connectivity index (χ3v) is 3.86. The average molecular weight is 308 g/mol. The average Bonchev–Trinajstić information content (AvgIpc) is 3.04. The first-order valence-corrected chi connectivity index (χ1v) is 8.09. The van der Waals surface area contributed by atoms with Crippen LogP contribution in [-0.2, 0) is 13.1 Å². The van der Waals surface area contributed by atoms with Crippen LogP contribution in [-0.4, -0.2) is 21.8 Å². The van der Waals surface area contributed by atoms with Crippen molar-refractivity contribution in [2.45, 2.75) is 59.3 Å². The molecule has 0 spiro atoms. The van der Waals surface area contributed by atoms with Crippen LogP contribution in [0.4, 0.5) is 6.01 Å². The van der Waals surface area contributed by atoms with Gasteiger partial charge >= 0.3 is 6.01 Å². The summed E-state index contributed by atoms with van der Waals surface area (Å²) in [5, 5.41) is 13.8. The fourth-order valence-corrected chi connectivity index (χ4v) is 2.52. The van der Waals surface area contributed by atoms with E-state index < -0.39 is 0 Å². The second kappa shape index (κ2) is 6.58. The first kappa shape index (κ1) is 16.0. The van der Waals surface area contributed by atoms with Crippen molar-refractivity contribution < 1.29 is 4.42 Å². The molecule has 116 valence electrons. The fraction of sp³-hybridized carbons (Fsp3) is 0.600. The number of hydrogen-bond donors (Lipinski definition) is 1. The second-order valence-electron chi connectivity index (χ2n) is 6.38. The van der Waals surface area contributed by atoms with Gasteiger partial charge in [-0.3, -0.25) is 0 Å². The van der Waals surface area contributed by atoms with Gasteiger partial charge in [0, 0.05) is 16.5 Å². The monoisotopic (exact) mass is 308 g/mol. The molecule has 0 bridgehead atoms. The predicted molar refractivity (Wildman–Crippen MR) is 86.5 cm³/mol. The molecule has 2 aromatic rings. The van der Waals surface area contributed by atoms with Crippen molar-refractivity contribution in [3.63, 3.8) is 0 Å². The molecule has 0 radical (unpaired) electrons. The predicted octanol–water partition coefficient (Wildman–Crippen LogP) is 3.43. The Balaban J connectivity index is 2.05. The topological polar surface area (TPSA) is 54.2 Å². The van der Waals surface area contributed by atoms with E-state index in [4.69, 9.17) is 4.42 Å². The summed E-state index contributed by atoms with van der Waals surface area (Å²) in [6.45, 7) is 12.0. The van der Waals surface area contributed by atoms with Crippen molar-refractivity contribution >= 4 is 17.4 Å². The molecule has 0 aromatic carbocycles. The SMILES string of the molecule is CC(C)N(Cc1cccs1)c1nnc(CNC(C)(C)C)o1. The molecule has 0 atom stereocenters. The number of nitrogens with one attached hydrogen (secondary N) is 1. The van der Waals surface area contributed by atoms with Crippen LogP contribution in [0.15, 0.2) is 21.9 Å². The molecule has 0 saturated heterocycles. The van der Waals surface area contributed by atoms with E-state index in [1.54, 1.807) is 11.3 Å². The van der Waals surface area contributed by atoms with Crippen molar-refractivity contribution in [1.29, 1.82) is 0 Å². The molecule has 21 heavy (non-hydrogen) atoms. The Morgan fingerprint density at radius 2 is 2.10 bits per heavy atom. The highest BCUT2D eigenvalue weighted by Gasteiger charge is 2.19. The van der Waals surface area contributed by atoms with Gasteiger partial charge in [-0.25, -0.2) is 0 Å². The van der Waals surface area contributed by atoms with Crippen molar-refractivity contribution in [2.75, 3.05) is 4.90 Å². The molecule has 0 aliphatic carbocycles. The third-order valence-electron chi connectivity index (χ3n) is 3.00. The quantitative estimate of drug-likeness (QED) is 0.886. The minimum atomic E-state index is 0.0311. The summed E-state index contributed by atoms with van der Waals surface area (Å²) in [5.41, 5.74) is 0.0311. The number of hydrogen-bond acceptors (Lipinski definition) is 6. The van der Waals surface area contributed by atoms with E-state index in [-0.39, 0.29) is 5.54 Å². The third kappa shape index (κ3) is 4.82. The number of anilines is 1. The Morgan fingerprint density at radius 3 is 2.67 bits per heavy atom. The summed E-state index contributed by atoms with van der Waals surface area (Å²) < 4.78 is 5.80. The second-order valence-corrected chi connectivity index (χ2v) is 7.42. The Hall–Kier alpha value is -1.40. The smallest absolute Gasteiger partial charge is 0.318 e. The van der Waals surface area contributed by atoms with Gasteiger partial charge in [0.15, 0.2) is 0 Å². The van der Waals surface area contributed by atoms with Crippen LogP contribution in [0.3, 0.4) is 0 Å². The van der Waals surface area contributed by atoms with Gasteiger partial charge in [0.1, 0.15) is 0 Å². The largest absolute Gasteiger partial charge is 0.407 e. The molecule has 6 heteroatoms. The lowest BCUT2D eigenvalue weighted by molar-refractivity contribution is 0.378. The minimum absolute atomic E-state index is 0.0311. The summed E-state index contributed by atoms with van der Waals surface area (Å²) in [6, 6.07) is 5.07. The Morgan fingerprint density at radius 1 is 1.33 bits per heavy atom. The van der Waals surface area contributed by atoms with E-state index in [0.29, 0.717) is 24.5 Å². The van der Waals surface area contributed by atoms with Crippen molar-refractivity contribution in [2.24, 2.45) is 0 Å². The molecule has 0 unspecified atom stereocenters. The summed E-state index contributed by atoms with van der Waals surface area (Å²) in [5.74, 6) is 0.622. The van der Waals surface area contributed by atoms with E-state index in [0.717, 1.165) is 6.54 Å². The van der Waals surface area contributed by atoms with Gasteiger partial charge in [-0.2, -0.15) is 0 Å². The lowest BCUT2D eigenvalue weighted by Gasteiger charge is -2.23. The van der Waals surface area contributed by atoms with Crippen LogP contribution in [0.5, 0.6) is 0 Å². The highest BCUT2D eigenvalue weighted by molar-refractivity contribution is 7.09. The molecule has 0 fully saturated rings. The van der Waals surface area contributed by atoms with E-state index in [1.807, 2.05) is 0 Å². The number of aromatic nitrogens is 2. The maximum Gasteiger partial charge on any atom is 0.318 e. The van der Waals surface area contributed by atoms with Gasteiger partial charge in [-0.05, 0) is 46.1 Å². The molecule has 0 aliphatic rings. The van der Waals surface area contributed by atoms with E-state index >= 15 is 0 Å². The molecular formula is C15H24N4OS. The zero-order valence-electron chi connectivity index (χ0n) is 13.4. The van der Waals surface area contributed by atoms with Gasteiger partial charge in [0.05, 0.1) is 13.1 Å². The Kier molecular flexibility index (Phi) is 5.00. The van der Waals surface area contributed by atoms with Crippen LogP contribution >= 0.6 is 11.3 Å². The Bertz CT molecular complexity index is 542. The molecule has 0 saturated carbocycles. The highest BCUT2D eigenvalue weighted by Crippen LogP contribution is 2.21. The summed E-state index contributed by atoms with van der Waals surface area (Å²) in [7, 11) is 0. The number of nitrogens with zero attached hydrogens (tertiary/aromatic N) is 3. The van der Waals surface area contributed by atoms with E-state index in [9.17, 15) is 0 Å². The summed E-state index contributed by atoms with van der Waals surface area (Å²) in [6.07, 6.45) is 0. The van der Waals surface area contributed by atoms with E-state index in [2.05, 4.69) is 72.5 Å². The molecule has 2 aromatic heterocycles. The fourth-order valence-electron chi connectivity index (χ4n) is 1.81. The summed E-state index contributed by atoms with van der Waals surface area (Å²) in [4.78, 5) is 3.41. The zero-order chi connectivity index (χ0) is 15.5. The molecule has 2 rings (SSSR count).